The number of carboxylic acids is 1. The molecule has 1 aromatic carbocycles. The number of nitrogens with one attached hydrogen (secondary N) is 1. The van der Waals surface area contributed by atoms with Crippen molar-refractivity contribution in [2.75, 3.05) is 6.54 Å². The van der Waals surface area contributed by atoms with Crippen molar-refractivity contribution >= 4 is 11.9 Å². The summed E-state index contributed by atoms with van der Waals surface area (Å²) in [4.78, 5) is 22.8. The number of rotatable bonds is 5. The Morgan fingerprint density at radius 2 is 1.90 bits per heavy atom. The van der Waals surface area contributed by atoms with Crippen molar-refractivity contribution in [3.05, 3.63) is 35.4 Å². The molecule has 2 unspecified atom stereocenters. The zero-order valence-electron chi connectivity index (χ0n) is 11.4. The number of carboxylic acid groups (broad SMARTS) is 1. The van der Waals surface area contributed by atoms with Gasteiger partial charge in [-0.1, -0.05) is 12.5 Å². The van der Waals surface area contributed by atoms with E-state index in [1.807, 2.05) is 0 Å². The van der Waals surface area contributed by atoms with E-state index in [2.05, 4.69) is 5.32 Å². The second-order valence-corrected chi connectivity index (χ2v) is 5.32. The number of carbonyl (C=O) groups is 2. The molecule has 6 heteroatoms. The lowest BCUT2D eigenvalue weighted by Gasteiger charge is -2.16. The largest absolute Gasteiger partial charge is 0.481 e. The molecule has 2 atom stereocenters. The van der Waals surface area contributed by atoms with E-state index in [1.165, 1.54) is 6.07 Å². The molecule has 2 N–H and O–H groups in total. The fraction of sp³-hybridized carbons (Fsp3) is 0.467. The molecule has 2 rings (SSSR count). The molecule has 1 aliphatic carbocycles. The molecule has 0 aliphatic heterocycles. The van der Waals surface area contributed by atoms with Gasteiger partial charge in [-0.2, -0.15) is 0 Å². The van der Waals surface area contributed by atoms with E-state index >= 15 is 0 Å². The van der Waals surface area contributed by atoms with Gasteiger partial charge in [0.25, 0.3) is 0 Å². The second kappa shape index (κ2) is 6.65. The Morgan fingerprint density at radius 3 is 2.52 bits per heavy atom. The van der Waals surface area contributed by atoms with Gasteiger partial charge in [-0.3, -0.25) is 9.59 Å². The maximum absolute atomic E-state index is 13.4. The summed E-state index contributed by atoms with van der Waals surface area (Å²) in [5.41, 5.74) is -0.267. The first-order valence-corrected chi connectivity index (χ1v) is 6.91. The zero-order chi connectivity index (χ0) is 15.4. The first kappa shape index (κ1) is 15.4. The minimum Gasteiger partial charge on any atom is -0.481 e. The van der Waals surface area contributed by atoms with Gasteiger partial charge in [-0.15, -0.1) is 0 Å². The standard InChI is InChI=1S/C15H17F2NO3/c16-12-5-2-6-13(17)11(12)7-14(19)18-8-9-3-1-4-10(9)15(20)21/h2,5-6,9-10H,1,3-4,7-8H2,(H,18,19)(H,20,21). The van der Waals surface area contributed by atoms with E-state index in [0.29, 0.717) is 6.42 Å². The van der Waals surface area contributed by atoms with Crippen molar-refractivity contribution in [3.63, 3.8) is 0 Å². The van der Waals surface area contributed by atoms with Crippen molar-refractivity contribution in [3.8, 4) is 0 Å². The van der Waals surface area contributed by atoms with Gasteiger partial charge in [0.05, 0.1) is 12.3 Å². The van der Waals surface area contributed by atoms with Crippen LogP contribution >= 0.6 is 0 Å². The molecular formula is C15H17F2NO3. The van der Waals surface area contributed by atoms with Gasteiger partial charge in [0.1, 0.15) is 11.6 Å². The van der Waals surface area contributed by atoms with E-state index in [-0.39, 0.29) is 24.4 Å². The summed E-state index contributed by atoms with van der Waals surface area (Å²) >= 11 is 0. The number of amides is 1. The fourth-order valence-electron chi connectivity index (χ4n) is 2.78. The first-order valence-electron chi connectivity index (χ1n) is 6.91. The van der Waals surface area contributed by atoms with Gasteiger partial charge in [0, 0.05) is 12.1 Å². The monoisotopic (exact) mass is 297 g/mol. The first-order chi connectivity index (χ1) is 9.99. The number of halogens is 2. The van der Waals surface area contributed by atoms with Crippen LogP contribution in [-0.2, 0) is 16.0 Å². The summed E-state index contributed by atoms with van der Waals surface area (Å²) in [5.74, 6) is -3.43. The third-order valence-corrected chi connectivity index (χ3v) is 3.94. The van der Waals surface area contributed by atoms with Gasteiger partial charge in [-0.25, -0.2) is 8.78 Å². The van der Waals surface area contributed by atoms with Crippen LogP contribution in [0.4, 0.5) is 8.78 Å². The summed E-state index contributed by atoms with van der Waals surface area (Å²) in [7, 11) is 0. The normalized spacial score (nSPS) is 21.2. The van der Waals surface area contributed by atoms with Crippen LogP contribution in [-0.4, -0.2) is 23.5 Å². The molecule has 4 nitrogen and oxygen atoms in total. The summed E-state index contributed by atoms with van der Waals surface area (Å²) in [6, 6.07) is 3.44. The maximum Gasteiger partial charge on any atom is 0.306 e. The molecule has 0 bridgehead atoms. The number of hydrogen-bond donors (Lipinski definition) is 2. The molecule has 1 amide bonds. The maximum atomic E-state index is 13.4. The molecule has 114 valence electrons. The number of hydrogen-bond acceptors (Lipinski definition) is 2. The van der Waals surface area contributed by atoms with Crippen molar-refractivity contribution in [1.82, 2.24) is 5.32 Å². The van der Waals surface area contributed by atoms with Crippen LogP contribution in [0.15, 0.2) is 18.2 Å². The summed E-state index contributed by atoms with van der Waals surface area (Å²) < 4.78 is 26.8. The Morgan fingerprint density at radius 1 is 1.24 bits per heavy atom. The van der Waals surface area contributed by atoms with Crippen molar-refractivity contribution in [1.29, 1.82) is 0 Å². The Balaban J connectivity index is 1.89. The zero-order valence-corrected chi connectivity index (χ0v) is 11.4. The highest BCUT2D eigenvalue weighted by atomic mass is 19.1. The number of carbonyl (C=O) groups excluding carboxylic acids is 1. The third kappa shape index (κ3) is 3.77. The van der Waals surface area contributed by atoms with Crippen molar-refractivity contribution < 1.29 is 23.5 Å². The molecule has 1 aromatic rings. The highest BCUT2D eigenvalue weighted by Gasteiger charge is 2.32. The molecule has 0 saturated heterocycles. The van der Waals surface area contributed by atoms with E-state index in [4.69, 9.17) is 5.11 Å². The van der Waals surface area contributed by atoms with Crippen LogP contribution in [0.5, 0.6) is 0 Å². The number of aliphatic carboxylic acids is 1. The quantitative estimate of drug-likeness (QED) is 0.875. The van der Waals surface area contributed by atoms with Crippen LogP contribution in [0.3, 0.4) is 0 Å². The van der Waals surface area contributed by atoms with Gasteiger partial charge in [0.15, 0.2) is 0 Å². The van der Waals surface area contributed by atoms with E-state index in [9.17, 15) is 18.4 Å². The molecule has 1 saturated carbocycles. The summed E-state index contributed by atoms with van der Waals surface area (Å²) in [5, 5.41) is 11.6. The third-order valence-electron chi connectivity index (χ3n) is 3.94. The van der Waals surface area contributed by atoms with Crippen LogP contribution in [0.1, 0.15) is 24.8 Å². The predicted molar refractivity (Wildman–Crippen MR) is 71.5 cm³/mol. The lowest BCUT2D eigenvalue weighted by Crippen LogP contribution is -2.34. The Hall–Kier alpha value is -1.98. The smallest absolute Gasteiger partial charge is 0.306 e. The molecule has 21 heavy (non-hydrogen) atoms. The van der Waals surface area contributed by atoms with Crippen LogP contribution in [0.25, 0.3) is 0 Å². The average Bonchev–Trinajstić information content (AvgIpc) is 2.89. The molecule has 0 radical (unpaired) electrons. The average molecular weight is 297 g/mol. The topological polar surface area (TPSA) is 66.4 Å². The van der Waals surface area contributed by atoms with Crippen molar-refractivity contribution in [2.45, 2.75) is 25.7 Å². The summed E-state index contributed by atoms with van der Waals surface area (Å²) in [6.45, 7) is 0.228. The molecule has 1 aliphatic rings. The van der Waals surface area contributed by atoms with Crippen molar-refractivity contribution in [2.24, 2.45) is 11.8 Å². The van der Waals surface area contributed by atoms with E-state index in [0.717, 1.165) is 25.0 Å². The number of benzene rings is 1. The van der Waals surface area contributed by atoms with E-state index < -0.39 is 29.4 Å². The van der Waals surface area contributed by atoms with Crippen LogP contribution in [0, 0.1) is 23.5 Å². The molecule has 0 spiro atoms. The van der Waals surface area contributed by atoms with Gasteiger partial charge < -0.3 is 10.4 Å². The highest BCUT2D eigenvalue weighted by molar-refractivity contribution is 5.78. The molecule has 0 heterocycles. The van der Waals surface area contributed by atoms with Gasteiger partial charge in [-0.05, 0) is 30.9 Å². The minimum absolute atomic E-state index is 0.114. The SMILES string of the molecule is O=C(Cc1c(F)cccc1F)NCC1CCCC1C(=O)O. The summed E-state index contributed by atoms with van der Waals surface area (Å²) in [6.07, 6.45) is 1.78. The minimum atomic E-state index is -0.855. The van der Waals surface area contributed by atoms with E-state index in [1.54, 1.807) is 0 Å². The lowest BCUT2D eigenvalue weighted by atomic mass is 9.96. The predicted octanol–water partition coefficient (Wildman–Crippen LogP) is 2.12. The Labute approximate surface area is 121 Å². The lowest BCUT2D eigenvalue weighted by molar-refractivity contribution is -0.143. The molecule has 0 aromatic heterocycles. The highest BCUT2D eigenvalue weighted by Crippen LogP contribution is 2.31. The molecule has 1 fully saturated rings. The van der Waals surface area contributed by atoms with Crippen LogP contribution in [0.2, 0.25) is 0 Å². The Kier molecular flexibility index (Phi) is 4.88. The van der Waals surface area contributed by atoms with Gasteiger partial charge in [0.2, 0.25) is 5.91 Å². The second-order valence-electron chi connectivity index (χ2n) is 5.32. The fourth-order valence-corrected chi connectivity index (χ4v) is 2.78. The Bertz CT molecular complexity index is 527. The van der Waals surface area contributed by atoms with Gasteiger partial charge >= 0.3 is 5.97 Å². The van der Waals surface area contributed by atoms with Crippen LogP contribution < -0.4 is 5.32 Å². The molecular weight excluding hydrogens is 280 g/mol.